The van der Waals surface area contributed by atoms with Gasteiger partial charge < -0.3 is 4.74 Å². The van der Waals surface area contributed by atoms with Crippen LogP contribution in [0.25, 0.3) is 44.2 Å². The number of fused-ring (bicyclic) bond motifs is 14. The van der Waals surface area contributed by atoms with Gasteiger partial charge in [-0.3, -0.25) is 0 Å². The SMILES string of the molecule is c1ccc(C2(c3ccccc3)c3ccccc3Oc3cccc(-c4ccc5c(c4)-c4ccccc4C54c5ccccc5-c5ccc6ccccc6c54)c32)cc1. The molecule has 256 valence electrons. The summed E-state index contributed by atoms with van der Waals surface area (Å²) in [6, 6.07) is 76.1. The molecule has 0 N–H and O–H groups in total. The summed E-state index contributed by atoms with van der Waals surface area (Å²) in [5.74, 6) is 1.77. The Balaban J connectivity index is 1.17. The van der Waals surface area contributed by atoms with Gasteiger partial charge in [-0.2, -0.15) is 0 Å². The molecule has 55 heavy (non-hydrogen) atoms. The lowest BCUT2D eigenvalue weighted by atomic mass is 9.62. The van der Waals surface area contributed by atoms with Crippen LogP contribution in [-0.2, 0) is 10.8 Å². The van der Waals surface area contributed by atoms with Crippen LogP contribution in [0.3, 0.4) is 0 Å². The van der Waals surface area contributed by atoms with E-state index in [0.717, 1.165) is 22.6 Å². The first-order chi connectivity index (χ1) is 27.3. The van der Waals surface area contributed by atoms with Crippen molar-refractivity contribution >= 4 is 10.8 Å². The quantitative estimate of drug-likeness (QED) is 0.178. The summed E-state index contributed by atoms with van der Waals surface area (Å²) in [5, 5.41) is 2.58. The molecule has 0 bridgehead atoms. The van der Waals surface area contributed by atoms with Gasteiger partial charge in [0.15, 0.2) is 0 Å². The van der Waals surface area contributed by atoms with E-state index in [1.54, 1.807) is 0 Å². The first-order valence-electron chi connectivity index (χ1n) is 19.2. The summed E-state index contributed by atoms with van der Waals surface area (Å²) in [6.45, 7) is 0. The Kier molecular flexibility index (Phi) is 6.25. The van der Waals surface area contributed by atoms with E-state index in [0.29, 0.717) is 0 Å². The maximum atomic E-state index is 6.88. The average molecular weight is 699 g/mol. The fraction of sp³-hybridized carbons (Fsp3) is 0.0370. The monoisotopic (exact) mass is 698 g/mol. The van der Waals surface area contributed by atoms with Crippen molar-refractivity contribution in [3.8, 4) is 44.9 Å². The van der Waals surface area contributed by atoms with E-state index in [1.165, 1.54) is 77.5 Å². The summed E-state index contributed by atoms with van der Waals surface area (Å²) in [5.41, 5.74) is 16.6. The van der Waals surface area contributed by atoms with Crippen LogP contribution < -0.4 is 4.74 Å². The molecule has 0 fully saturated rings. The smallest absolute Gasteiger partial charge is 0.132 e. The fourth-order valence-corrected chi connectivity index (χ4v) is 10.6. The van der Waals surface area contributed by atoms with Gasteiger partial charge in [0.2, 0.25) is 0 Å². The molecular weight excluding hydrogens is 665 g/mol. The van der Waals surface area contributed by atoms with Crippen molar-refractivity contribution in [2.45, 2.75) is 10.8 Å². The Morgan fingerprint density at radius 3 is 1.62 bits per heavy atom. The number of ether oxygens (including phenoxy) is 1. The standard InChI is InChI=1S/C54H34O/c1-3-17-37(18-4-1)53(38-19-5-2-6-20-38)48-27-13-14-28-49(48)55-50-29-15-24-40(52(50)53)36-31-33-47-44(34-36)42-23-10-12-26-46(42)54(47)45-25-11-9-22-41(45)43-32-30-35-16-7-8-21-39(35)51(43)54/h1-34H. The molecule has 0 aromatic heterocycles. The molecule has 0 radical (unpaired) electrons. The second-order valence-electron chi connectivity index (χ2n) is 15.1. The van der Waals surface area contributed by atoms with Crippen LogP contribution in [-0.4, -0.2) is 0 Å². The number of rotatable bonds is 3. The van der Waals surface area contributed by atoms with Gasteiger partial charge in [-0.05, 0) is 95.7 Å². The topological polar surface area (TPSA) is 9.23 Å². The molecule has 1 atom stereocenters. The lowest BCUT2D eigenvalue weighted by Crippen LogP contribution is -2.34. The van der Waals surface area contributed by atoms with Crippen LogP contribution in [0.4, 0.5) is 0 Å². The van der Waals surface area contributed by atoms with Crippen molar-refractivity contribution in [1.29, 1.82) is 0 Å². The lowest BCUT2D eigenvalue weighted by molar-refractivity contribution is 0.435. The molecule has 9 aromatic carbocycles. The Morgan fingerprint density at radius 2 is 0.873 bits per heavy atom. The molecule has 1 unspecified atom stereocenters. The van der Waals surface area contributed by atoms with Crippen LogP contribution in [0.5, 0.6) is 11.5 Å². The van der Waals surface area contributed by atoms with Gasteiger partial charge in [0.05, 0.1) is 10.8 Å². The van der Waals surface area contributed by atoms with Gasteiger partial charge in [0.1, 0.15) is 11.5 Å². The second kappa shape index (κ2) is 11.3. The highest BCUT2D eigenvalue weighted by molar-refractivity contribution is 6.04. The first-order valence-corrected chi connectivity index (χ1v) is 19.2. The number of para-hydroxylation sites is 1. The summed E-state index contributed by atoms with van der Waals surface area (Å²) < 4.78 is 6.88. The third-order valence-corrected chi connectivity index (χ3v) is 12.6. The van der Waals surface area contributed by atoms with Crippen molar-refractivity contribution in [3.63, 3.8) is 0 Å². The van der Waals surface area contributed by atoms with Crippen molar-refractivity contribution in [3.05, 3.63) is 251 Å². The Morgan fingerprint density at radius 1 is 0.309 bits per heavy atom. The normalized spacial score (nSPS) is 16.4. The molecule has 3 aliphatic rings. The van der Waals surface area contributed by atoms with E-state index in [4.69, 9.17) is 4.74 Å². The van der Waals surface area contributed by atoms with E-state index in [2.05, 4.69) is 206 Å². The largest absolute Gasteiger partial charge is 0.457 e. The highest BCUT2D eigenvalue weighted by atomic mass is 16.5. The number of hydrogen-bond acceptors (Lipinski definition) is 1. The summed E-state index contributed by atoms with van der Waals surface area (Å²) >= 11 is 0. The summed E-state index contributed by atoms with van der Waals surface area (Å²) in [6.07, 6.45) is 0. The summed E-state index contributed by atoms with van der Waals surface area (Å²) in [4.78, 5) is 0. The van der Waals surface area contributed by atoms with E-state index < -0.39 is 10.8 Å². The predicted molar refractivity (Wildman–Crippen MR) is 224 cm³/mol. The minimum absolute atomic E-state index is 0.437. The molecule has 0 saturated heterocycles. The Hall–Kier alpha value is -6.96. The van der Waals surface area contributed by atoms with Gasteiger partial charge in [-0.25, -0.2) is 0 Å². The van der Waals surface area contributed by atoms with E-state index >= 15 is 0 Å². The fourth-order valence-electron chi connectivity index (χ4n) is 10.6. The summed E-state index contributed by atoms with van der Waals surface area (Å²) in [7, 11) is 0. The zero-order valence-corrected chi connectivity index (χ0v) is 30.0. The predicted octanol–water partition coefficient (Wildman–Crippen LogP) is 13.3. The number of hydrogen-bond donors (Lipinski definition) is 0. The van der Waals surface area contributed by atoms with Gasteiger partial charge >= 0.3 is 0 Å². The molecule has 0 amide bonds. The van der Waals surface area contributed by atoms with Gasteiger partial charge in [0, 0.05) is 11.1 Å². The van der Waals surface area contributed by atoms with Crippen molar-refractivity contribution in [1.82, 2.24) is 0 Å². The first kappa shape index (κ1) is 30.5. The molecule has 1 spiro atoms. The third-order valence-electron chi connectivity index (χ3n) is 12.6. The molecule has 1 aliphatic heterocycles. The second-order valence-corrected chi connectivity index (χ2v) is 15.1. The number of benzene rings is 9. The zero-order chi connectivity index (χ0) is 36.1. The maximum Gasteiger partial charge on any atom is 0.132 e. The van der Waals surface area contributed by atoms with Crippen LogP contribution in [0.15, 0.2) is 206 Å². The van der Waals surface area contributed by atoms with Gasteiger partial charge in [0.25, 0.3) is 0 Å². The molecule has 9 aromatic rings. The Bertz CT molecular complexity index is 2970. The molecule has 2 aliphatic carbocycles. The zero-order valence-electron chi connectivity index (χ0n) is 30.0. The highest BCUT2D eigenvalue weighted by Gasteiger charge is 2.53. The molecule has 1 nitrogen and oxygen atoms in total. The lowest BCUT2D eigenvalue weighted by Gasteiger charge is -2.42. The minimum atomic E-state index is -0.621. The van der Waals surface area contributed by atoms with Crippen molar-refractivity contribution in [2.75, 3.05) is 0 Å². The van der Waals surface area contributed by atoms with Crippen molar-refractivity contribution < 1.29 is 4.74 Å². The molecule has 1 heteroatoms. The highest BCUT2D eigenvalue weighted by Crippen LogP contribution is 2.65. The molecule has 1 heterocycles. The van der Waals surface area contributed by atoms with Crippen LogP contribution >= 0.6 is 0 Å². The molecular formula is C54H34O. The van der Waals surface area contributed by atoms with Crippen LogP contribution in [0.2, 0.25) is 0 Å². The van der Waals surface area contributed by atoms with Crippen LogP contribution in [0.1, 0.15) is 44.5 Å². The molecule has 0 saturated carbocycles. The van der Waals surface area contributed by atoms with Crippen molar-refractivity contribution in [2.24, 2.45) is 0 Å². The maximum absolute atomic E-state index is 6.88. The van der Waals surface area contributed by atoms with Gasteiger partial charge in [-0.1, -0.05) is 188 Å². The van der Waals surface area contributed by atoms with Crippen LogP contribution in [0, 0.1) is 0 Å². The third kappa shape index (κ3) is 3.87. The molecule has 12 rings (SSSR count). The van der Waals surface area contributed by atoms with E-state index in [-0.39, 0.29) is 0 Å². The van der Waals surface area contributed by atoms with E-state index in [1.807, 2.05) is 0 Å². The van der Waals surface area contributed by atoms with E-state index in [9.17, 15) is 0 Å². The van der Waals surface area contributed by atoms with Gasteiger partial charge in [-0.15, -0.1) is 0 Å². The Labute approximate surface area is 320 Å². The minimum Gasteiger partial charge on any atom is -0.457 e. The average Bonchev–Trinajstić information content (AvgIpc) is 3.73.